The van der Waals surface area contributed by atoms with E-state index < -0.39 is 5.97 Å². The van der Waals surface area contributed by atoms with Crippen molar-refractivity contribution in [1.82, 2.24) is 10.2 Å². The van der Waals surface area contributed by atoms with Crippen molar-refractivity contribution in [2.45, 2.75) is 39.5 Å². The van der Waals surface area contributed by atoms with Crippen LogP contribution < -0.4 is 5.32 Å². The van der Waals surface area contributed by atoms with Crippen LogP contribution in [0.5, 0.6) is 0 Å². The molecule has 1 aliphatic rings. The standard InChI is InChI=1S/C14H24N2O4/c1-10(5-6-13(18)19)8-15-14(20)12-4-3-7-16(9-12)11(2)17/h10,12H,3-9H2,1-2H3,(H,15,20)(H,18,19). The van der Waals surface area contributed by atoms with Gasteiger partial charge >= 0.3 is 5.97 Å². The molecule has 0 aromatic heterocycles. The zero-order valence-corrected chi connectivity index (χ0v) is 12.2. The summed E-state index contributed by atoms with van der Waals surface area (Å²) < 4.78 is 0. The summed E-state index contributed by atoms with van der Waals surface area (Å²) in [5, 5.41) is 11.5. The number of hydrogen-bond donors (Lipinski definition) is 2. The number of rotatable bonds is 6. The lowest BCUT2D eigenvalue weighted by Crippen LogP contribution is -2.45. The molecule has 0 aliphatic carbocycles. The molecular weight excluding hydrogens is 260 g/mol. The van der Waals surface area contributed by atoms with Gasteiger partial charge < -0.3 is 15.3 Å². The van der Waals surface area contributed by atoms with E-state index in [1.165, 1.54) is 6.92 Å². The predicted molar refractivity (Wildman–Crippen MR) is 74.0 cm³/mol. The molecule has 6 nitrogen and oxygen atoms in total. The summed E-state index contributed by atoms with van der Waals surface area (Å²) in [6.07, 6.45) is 2.34. The topological polar surface area (TPSA) is 86.7 Å². The molecule has 2 unspecified atom stereocenters. The molecule has 1 rings (SSSR count). The highest BCUT2D eigenvalue weighted by Gasteiger charge is 2.26. The van der Waals surface area contributed by atoms with Crippen LogP contribution in [0.2, 0.25) is 0 Å². The van der Waals surface area contributed by atoms with Crippen molar-refractivity contribution in [2.75, 3.05) is 19.6 Å². The maximum absolute atomic E-state index is 12.0. The SMILES string of the molecule is CC(=O)N1CCCC(C(=O)NCC(C)CCC(=O)O)C1. The van der Waals surface area contributed by atoms with E-state index >= 15 is 0 Å². The monoisotopic (exact) mass is 284 g/mol. The maximum Gasteiger partial charge on any atom is 0.303 e. The van der Waals surface area contributed by atoms with Gasteiger partial charge in [-0.25, -0.2) is 0 Å². The second kappa shape index (κ2) is 7.87. The van der Waals surface area contributed by atoms with Crippen LogP contribution in [-0.4, -0.2) is 47.4 Å². The van der Waals surface area contributed by atoms with Gasteiger partial charge in [-0.3, -0.25) is 14.4 Å². The Morgan fingerprint density at radius 2 is 2.10 bits per heavy atom. The van der Waals surface area contributed by atoms with Gasteiger partial charge in [0.25, 0.3) is 0 Å². The lowest BCUT2D eigenvalue weighted by atomic mass is 9.96. The van der Waals surface area contributed by atoms with Gasteiger partial charge in [0.1, 0.15) is 0 Å². The second-order valence-electron chi connectivity index (χ2n) is 5.59. The first-order chi connectivity index (χ1) is 9.40. The van der Waals surface area contributed by atoms with Crippen LogP contribution in [0, 0.1) is 11.8 Å². The third-order valence-corrected chi connectivity index (χ3v) is 3.71. The minimum Gasteiger partial charge on any atom is -0.481 e. The van der Waals surface area contributed by atoms with Gasteiger partial charge in [-0.2, -0.15) is 0 Å². The number of nitrogens with one attached hydrogen (secondary N) is 1. The molecule has 0 aromatic carbocycles. The molecule has 114 valence electrons. The molecule has 2 amide bonds. The number of amides is 2. The van der Waals surface area contributed by atoms with Crippen molar-refractivity contribution < 1.29 is 19.5 Å². The Labute approximate surface area is 119 Å². The fourth-order valence-corrected chi connectivity index (χ4v) is 2.37. The van der Waals surface area contributed by atoms with Crippen molar-refractivity contribution in [3.05, 3.63) is 0 Å². The highest BCUT2D eigenvalue weighted by molar-refractivity contribution is 5.80. The first kappa shape index (κ1) is 16.5. The van der Waals surface area contributed by atoms with Crippen molar-refractivity contribution in [3.8, 4) is 0 Å². The van der Waals surface area contributed by atoms with Crippen LogP contribution in [0.3, 0.4) is 0 Å². The molecule has 2 N–H and O–H groups in total. The Hall–Kier alpha value is -1.59. The van der Waals surface area contributed by atoms with Crippen LogP contribution in [-0.2, 0) is 14.4 Å². The van der Waals surface area contributed by atoms with Crippen molar-refractivity contribution >= 4 is 17.8 Å². The van der Waals surface area contributed by atoms with Gasteiger partial charge in [0.2, 0.25) is 11.8 Å². The van der Waals surface area contributed by atoms with E-state index in [-0.39, 0.29) is 30.1 Å². The molecule has 1 saturated heterocycles. The highest BCUT2D eigenvalue weighted by atomic mass is 16.4. The Kier molecular flexibility index (Phi) is 6.48. The van der Waals surface area contributed by atoms with Crippen molar-refractivity contribution in [1.29, 1.82) is 0 Å². The normalized spacial score (nSPS) is 20.3. The smallest absolute Gasteiger partial charge is 0.303 e. The molecule has 1 heterocycles. The van der Waals surface area contributed by atoms with Crippen LogP contribution in [0.15, 0.2) is 0 Å². The van der Waals surface area contributed by atoms with Gasteiger partial charge in [-0.05, 0) is 25.2 Å². The van der Waals surface area contributed by atoms with E-state index in [2.05, 4.69) is 5.32 Å². The summed E-state index contributed by atoms with van der Waals surface area (Å²) in [6, 6.07) is 0. The summed E-state index contributed by atoms with van der Waals surface area (Å²) in [5.41, 5.74) is 0. The molecule has 0 saturated carbocycles. The van der Waals surface area contributed by atoms with Gasteiger partial charge in [-0.1, -0.05) is 6.92 Å². The quantitative estimate of drug-likeness (QED) is 0.757. The highest BCUT2D eigenvalue weighted by Crippen LogP contribution is 2.17. The molecule has 1 aliphatic heterocycles. The van der Waals surface area contributed by atoms with E-state index in [9.17, 15) is 14.4 Å². The maximum atomic E-state index is 12.0. The molecule has 20 heavy (non-hydrogen) atoms. The number of nitrogens with zero attached hydrogens (tertiary/aromatic N) is 1. The third kappa shape index (κ3) is 5.59. The summed E-state index contributed by atoms with van der Waals surface area (Å²) in [7, 11) is 0. The van der Waals surface area contributed by atoms with Gasteiger partial charge in [0.05, 0.1) is 5.92 Å². The summed E-state index contributed by atoms with van der Waals surface area (Å²) >= 11 is 0. The van der Waals surface area contributed by atoms with Crippen LogP contribution >= 0.6 is 0 Å². The number of aliphatic carboxylic acids is 1. The summed E-state index contributed by atoms with van der Waals surface area (Å²) in [4.78, 5) is 35.5. The first-order valence-corrected chi connectivity index (χ1v) is 7.15. The summed E-state index contributed by atoms with van der Waals surface area (Å²) in [6.45, 7) is 5.15. The average Bonchev–Trinajstić information content (AvgIpc) is 2.42. The van der Waals surface area contributed by atoms with E-state index in [1.54, 1.807) is 4.90 Å². The molecule has 2 atom stereocenters. The molecule has 0 radical (unpaired) electrons. The Balaban J connectivity index is 2.31. The number of hydrogen-bond acceptors (Lipinski definition) is 3. The zero-order valence-electron chi connectivity index (χ0n) is 12.2. The van der Waals surface area contributed by atoms with Gasteiger partial charge in [-0.15, -0.1) is 0 Å². The number of likely N-dealkylation sites (tertiary alicyclic amines) is 1. The Morgan fingerprint density at radius 3 is 2.70 bits per heavy atom. The third-order valence-electron chi connectivity index (χ3n) is 3.71. The molecular formula is C14H24N2O4. The van der Waals surface area contributed by atoms with E-state index in [0.717, 1.165) is 19.4 Å². The lowest BCUT2D eigenvalue weighted by Gasteiger charge is -2.31. The minimum absolute atomic E-state index is 0.0114. The Bertz CT molecular complexity index is 370. The average molecular weight is 284 g/mol. The number of carbonyl (C=O) groups excluding carboxylic acids is 2. The second-order valence-corrected chi connectivity index (χ2v) is 5.59. The fourth-order valence-electron chi connectivity index (χ4n) is 2.37. The summed E-state index contributed by atoms with van der Waals surface area (Å²) in [5.74, 6) is -0.829. The van der Waals surface area contributed by atoms with Crippen LogP contribution in [0.4, 0.5) is 0 Å². The van der Waals surface area contributed by atoms with E-state index in [0.29, 0.717) is 19.5 Å². The van der Waals surface area contributed by atoms with Crippen molar-refractivity contribution in [3.63, 3.8) is 0 Å². The van der Waals surface area contributed by atoms with E-state index in [1.807, 2.05) is 6.92 Å². The van der Waals surface area contributed by atoms with Crippen LogP contribution in [0.25, 0.3) is 0 Å². The van der Waals surface area contributed by atoms with Gasteiger partial charge in [0, 0.05) is 33.0 Å². The first-order valence-electron chi connectivity index (χ1n) is 7.15. The molecule has 0 bridgehead atoms. The largest absolute Gasteiger partial charge is 0.481 e. The number of carboxylic acid groups (broad SMARTS) is 1. The molecule has 0 spiro atoms. The van der Waals surface area contributed by atoms with E-state index in [4.69, 9.17) is 5.11 Å². The fraction of sp³-hybridized carbons (Fsp3) is 0.786. The van der Waals surface area contributed by atoms with Crippen molar-refractivity contribution in [2.24, 2.45) is 11.8 Å². The molecule has 6 heteroatoms. The molecule has 1 fully saturated rings. The van der Waals surface area contributed by atoms with Crippen LogP contribution in [0.1, 0.15) is 39.5 Å². The number of piperidine rings is 1. The number of carboxylic acids is 1. The minimum atomic E-state index is -0.812. The Morgan fingerprint density at radius 1 is 1.40 bits per heavy atom. The lowest BCUT2D eigenvalue weighted by molar-refractivity contribution is -0.137. The zero-order chi connectivity index (χ0) is 15.1. The molecule has 0 aromatic rings. The number of carbonyl (C=O) groups is 3. The predicted octanol–water partition coefficient (Wildman–Crippen LogP) is 0.862. The van der Waals surface area contributed by atoms with Gasteiger partial charge in [0.15, 0.2) is 0 Å².